The smallest absolute Gasteiger partial charge is 0.171 e. The van der Waals surface area contributed by atoms with E-state index in [1.807, 2.05) is 121 Å². The Hall–Kier alpha value is -14.6. The lowest BCUT2D eigenvalue weighted by atomic mass is 9.84. The van der Waals surface area contributed by atoms with Crippen molar-refractivity contribution in [2.75, 3.05) is 0 Å². The molecule has 0 fully saturated rings. The zero-order valence-electron chi connectivity index (χ0n) is 65.6. The van der Waals surface area contributed by atoms with Crippen LogP contribution < -0.4 is 31.8 Å². The quantitative estimate of drug-likeness (QED) is 0.0757. The Morgan fingerprint density at radius 2 is 0.342 bits per heavy atom. The molecule has 0 saturated carbocycles. The number of benzene rings is 22. The summed E-state index contributed by atoms with van der Waals surface area (Å²) in [5.74, 6) is 0. The minimum Gasteiger partial charge on any atom is -0.309 e. The molecular formula is C116H76O2P2. The molecule has 0 aliphatic rings. The summed E-state index contributed by atoms with van der Waals surface area (Å²) in [6, 6.07) is 165. The third kappa shape index (κ3) is 12.6. The van der Waals surface area contributed by atoms with E-state index in [2.05, 4.69) is 340 Å². The van der Waals surface area contributed by atoms with Gasteiger partial charge in [0.25, 0.3) is 0 Å². The Labute approximate surface area is 697 Å². The molecular weight excluding hydrogens is 1490 g/mol. The van der Waals surface area contributed by atoms with Gasteiger partial charge in [-0.15, -0.1) is 0 Å². The molecule has 2 nitrogen and oxygen atoms in total. The Balaban J connectivity index is 0.608. The first-order valence-electron chi connectivity index (χ1n) is 41.1. The van der Waals surface area contributed by atoms with E-state index in [9.17, 15) is 0 Å². The van der Waals surface area contributed by atoms with Gasteiger partial charge in [0.15, 0.2) is 14.3 Å². The van der Waals surface area contributed by atoms with E-state index in [0.717, 1.165) is 115 Å². The van der Waals surface area contributed by atoms with Gasteiger partial charge in [-0.25, -0.2) is 0 Å². The second kappa shape index (κ2) is 29.8. The molecule has 22 aromatic carbocycles. The fourth-order valence-corrected chi connectivity index (χ4v) is 24.1. The summed E-state index contributed by atoms with van der Waals surface area (Å²) in [5.41, 5.74) is 20.9. The number of fused-ring (bicyclic) bond motifs is 8. The third-order valence-corrected chi connectivity index (χ3v) is 30.8. The standard InChI is InChI=1S/C116H76O2P2/c117-119(99-29-8-2-9-30-99,100-31-10-3-11-32-100)103-63-59-91-69-88(52-54-93(91)73-103)95-61-65-109-111(75-95)114(106-38-19-18-37-105(106)113(109)81-46-41-79(42-47-81)77-23-6-1-7-24-77)82-48-43-80(44-49-82)84-27-22-28-85(67-84)86-50-51-90-72-97(58-56-87(90)68-86)115-107-39-20-21-40-108(107)116(98-57-45-78-25-16-17-26-83(78)71-98)112-76-96(62-66-110(112)115)89-53-55-94-74-104(64-60-92(94)70-89)120(118,101-33-12-4-13-34-101)102-35-14-5-15-36-102/h1-76H. The lowest BCUT2D eigenvalue weighted by molar-refractivity contribution is 0.591. The van der Waals surface area contributed by atoms with E-state index < -0.39 is 14.3 Å². The van der Waals surface area contributed by atoms with Crippen molar-refractivity contribution in [2.24, 2.45) is 0 Å². The zero-order valence-corrected chi connectivity index (χ0v) is 67.4. The van der Waals surface area contributed by atoms with Crippen molar-refractivity contribution >= 4 is 132 Å². The first kappa shape index (κ1) is 71.9. The topological polar surface area (TPSA) is 34.1 Å². The van der Waals surface area contributed by atoms with E-state index >= 15 is 9.13 Å². The van der Waals surface area contributed by atoms with Gasteiger partial charge in [-0.2, -0.15) is 0 Å². The molecule has 22 rings (SSSR count). The maximum atomic E-state index is 15.6. The van der Waals surface area contributed by atoms with E-state index in [1.54, 1.807) is 0 Å². The van der Waals surface area contributed by atoms with Crippen LogP contribution in [-0.2, 0) is 9.13 Å². The van der Waals surface area contributed by atoms with Crippen molar-refractivity contribution < 1.29 is 9.13 Å². The average molecular weight is 1560 g/mol. The van der Waals surface area contributed by atoms with Crippen LogP contribution in [0, 0.1) is 0 Å². The fraction of sp³-hybridized carbons (Fsp3) is 0. The van der Waals surface area contributed by atoms with Crippen LogP contribution >= 0.6 is 14.3 Å². The predicted molar refractivity (Wildman–Crippen MR) is 514 cm³/mol. The van der Waals surface area contributed by atoms with Crippen molar-refractivity contribution in [3.63, 3.8) is 0 Å². The van der Waals surface area contributed by atoms with Crippen molar-refractivity contribution in [3.8, 4) is 100 Å². The monoisotopic (exact) mass is 1560 g/mol. The fourth-order valence-electron chi connectivity index (χ4n) is 18.7. The van der Waals surface area contributed by atoms with Crippen molar-refractivity contribution in [2.45, 2.75) is 0 Å². The first-order valence-corrected chi connectivity index (χ1v) is 44.5. The van der Waals surface area contributed by atoms with Gasteiger partial charge in [-0.05, 0) is 247 Å². The van der Waals surface area contributed by atoms with Crippen molar-refractivity contribution in [1.82, 2.24) is 0 Å². The van der Waals surface area contributed by atoms with Gasteiger partial charge in [0.2, 0.25) is 0 Å². The van der Waals surface area contributed by atoms with Crippen LogP contribution in [0.5, 0.6) is 0 Å². The zero-order chi connectivity index (χ0) is 79.8. The summed E-state index contributed by atoms with van der Waals surface area (Å²) >= 11 is 0. The van der Waals surface area contributed by atoms with Gasteiger partial charge in [0.05, 0.1) is 0 Å². The summed E-state index contributed by atoms with van der Waals surface area (Å²) in [7, 11) is -6.35. The number of hydrogen-bond donors (Lipinski definition) is 0. The molecule has 0 atom stereocenters. The van der Waals surface area contributed by atoms with Crippen LogP contribution in [0.3, 0.4) is 0 Å². The van der Waals surface area contributed by atoms with Gasteiger partial charge in [-0.1, -0.05) is 400 Å². The molecule has 0 N–H and O–H groups in total. The second-order valence-electron chi connectivity index (χ2n) is 31.6. The number of hydrogen-bond acceptors (Lipinski definition) is 2. The minimum atomic E-state index is -3.18. The lowest BCUT2D eigenvalue weighted by Crippen LogP contribution is -2.24. The highest BCUT2D eigenvalue weighted by atomic mass is 31.2. The predicted octanol–water partition coefficient (Wildman–Crippen LogP) is 29.2. The molecule has 0 aliphatic carbocycles. The van der Waals surface area contributed by atoms with Crippen LogP contribution in [0.25, 0.3) is 186 Å². The average Bonchev–Trinajstić information content (AvgIpc) is 0.730. The minimum absolute atomic E-state index is 0.816. The van der Waals surface area contributed by atoms with Crippen molar-refractivity contribution in [1.29, 1.82) is 0 Å². The summed E-state index contributed by atoms with van der Waals surface area (Å²) in [6.45, 7) is 0. The molecule has 0 bridgehead atoms. The molecule has 0 aliphatic heterocycles. The van der Waals surface area contributed by atoms with Crippen LogP contribution in [0.15, 0.2) is 461 Å². The lowest BCUT2D eigenvalue weighted by Gasteiger charge is -2.21. The molecule has 22 aromatic rings. The van der Waals surface area contributed by atoms with Gasteiger partial charge >= 0.3 is 0 Å². The molecule has 0 radical (unpaired) electrons. The first-order chi connectivity index (χ1) is 59.2. The van der Waals surface area contributed by atoms with Gasteiger partial charge in [0.1, 0.15) is 0 Å². The van der Waals surface area contributed by atoms with Crippen LogP contribution in [0.2, 0.25) is 0 Å². The highest BCUT2D eigenvalue weighted by Crippen LogP contribution is 2.51. The summed E-state index contributed by atoms with van der Waals surface area (Å²) in [4.78, 5) is 0. The summed E-state index contributed by atoms with van der Waals surface area (Å²) in [5, 5.41) is 23.4. The molecule has 4 heteroatoms. The van der Waals surface area contributed by atoms with E-state index in [1.165, 1.54) is 104 Å². The van der Waals surface area contributed by atoms with E-state index in [-0.39, 0.29) is 0 Å². The molecule has 562 valence electrons. The summed E-state index contributed by atoms with van der Waals surface area (Å²) < 4.78 is 31.1. The highest BCUT2D eigenvalue weighted by molar-refractivity contribution is 7.85. The van der Waals surface area contributed by atoms with E-state index in [4.69, 9.17) is 0 Å². The molecule has 0 aromatic heterocycles. The Morgan fingerprint density at radius 3 is 0.758 bits per heavy atom. The SMILES string of the molecule is O=P(c1ccccc1)(c1ccccc1)c1ccc2cc(-c3ccc4c(-c5ccc(-c6ccccc6)cc5)c5ccccc5c(-c5ccc(-c6cccc(-c7ccc8cc(-c9c%10ccccc%10c(-c%10ccc%11ccccc%11c%10)c%10cc(-c%11ccc%12cc(P(=O)(c%13ccccc%13)c%13ccccc%13)ccc%12c%11)ccc9%10)ccc8c7)c6)cc5)c4c3)ccc2c1. The Bertz CT molecular complexity index is 7830. The summed E-state index contributed by atoms with van der Waals surface area (Å²) in [6.07, 6.45) is 0. The van der Waals surface area contributed by atoms with Gasteiger partial charge in [-0.3, -0.25) is 0 Å². The Kier molecular flexibility index (Phi) is 17.9. The Morgan fingerprint density at radius 1 is 0.117 bits per heavy atom. The normalized spacial score (nSPS) is 11.9. The van der Waals surface area contributed by atoms with Crippen LogP contribution in [0.4, 0.5) is 0 Å². The van der Waals surface area contributed by atoms with Crippen LogP contribution in [-0.4, -0.2) is 0 Å². The molecule has 0 spiro atoms. The van der Waals surface area contributed by atoms with E-state index in [0.29, 0.717) is 0 Å². The molecule has 0 heterocycles. The molecule has 0 amide bonds. The van der Waals surface area contributed by atoms with Gasteiger partial charge in [0, 0.05) is 31.8 Å². The van der Waals surface area contributed by atoms with Crippen molar-refractivity contribution in [3.05, 3.63) is 461 Å². The van der Waals surface area contributed by atoms with Gasteiger partial charge < -0.3 is 9.13 Å². The third-order valence-electron chi connectivity index (χ3n) is 24.7. The maximum absolute atomic E-state index is 15.6. The highest BCUT2D eigenvalue weighted by Gasteiger charge is 2.32. The van der Waals surface area contributed by atoms with Crippen LogP contribution in [0.1, 0.15) is 0 Å². The largest absolute Gasteiger partial charge is 0.309 e. The second-order valence-corrected chi connectivity index (χ2v) is 37.1. The number of rotatable bonds is 15. The molecule has 120 heavy (non-hydrogen) atoms. The maximum Gasteiger partial charge on any atom is 0.171 e. The molecule has 0 unspecified atom stereocenters. The molecule has 0 saturated heterocycles.